The van der Waals surface area contributed by atoms with E-state index in [4.69, 9.17) is 21.3 Å². The lowest BCUT2D eigenvalue weighted by atomic mass is 10.2. The van der Waals surface area contributed by atoms with Crippen LogP contribution in [0.25, 0.3) is 10.2 Å². The van der Waals surface area contributed by atoms with Gasteiger partial charge in [-0.2, -0.15) is 0 Å². The Hall–Kier alpha value is -1.16. The Bertz CT molecular complexity index is 1060. The number of anilines is 1. The van der Waals surface area contributed by atoms with Gasteiger partial charge in [0.2, 0.25) is 5.91 Å². The lowest BCUT2D eigenvalue weighted by molar-refractivity contribution is -0.118. The third kappa shape index (κ3) is 7.41. The van der Waals surface area contributed by atoms with Crippen LogP contribution in [0.4, 0.5) is 5.13 Å². The van der Waals surface area contributed by atoms with Crippen LogP contribution in [0.1, 0.15) is 19.3 Å². The lowest BCUT2D eigenvalue weighted by Crippen LogP contribution is -2.39. The summed E-state index contributed by atoms with van der Waals surface area (Å²) in [7, 11) is 0. The molecule has 0 bridgehead atoms. The predicted octanol–water partition coefficient (Wildman–Crippen LogP) is 6.34. The molecule has 0 aliphatic carbocycles. The van der Waals surface area contributed by atoms with E-state index in [9.17, 15) is 4.79 Å². The van der Waals surface area contributed by atoms with Gasteiger partial charge in [-0.15, -0.1) is 11.8 Å². The molecule has 9 heteroatoms. The molecular weight excluding hydrogens is 542 g/mol. The number of hydrogen-bond donors (Lipinski definition) is 0. The van der Waals surface area contributed by atoms with Crippen LogP contribution < -0.4 is 4.90 Å². The SMILES string of the molecule is O=C(CCCSc1ccc(Cl)cc1)N(CCCN1CCOCC1)c1nc2ccc(Br)cc2s1. The average Bonchev–Trinajstić information content (AvgIpc) is 3.24. The summed E-state index contributed by atoms with van der Waals surface area (Å²) in [4.78, 5) is 23.5. The highest BCUT2D eigenvalue weighted by atomic mass is 79.9. The number of thiazole rings is 1. The zero-order valence-corrected chi connectivity index (χ0v) is 22.3. The second-order valence-corrected chi connectivity index (χ2v) is 11.4. The average molecular weight is 569 g/mol. The summed E-state index contributed by atoms with van der Waals surface area (Å²) in [5, 5.41) is 1.53. The zero-order valence-electron chi connectivity index (χ0n) is 18.3. The van der Waals surface area contributed by atoms with E-state index in [1.54, 1.807) is 23.1 Å². The molecule has 3 aromatic rings. The number of morpholine rings is 1. The third-order valence-corrected chi connectivity index (χ3v) is 8.33. The Kier molecular flexibility index (Phi) is 9.46. The highest BCUT2D eigenvalue weighted by molar-refractivity contribution is 9.10. The first-order valence-electron chi connectivity index (χ1n) is 11.1. The molecule has 1 aliphatic heterocycles. The fourth-order valence-corrected chi connectivity index (χ4v) is 6.22. The molecule has 5 nitrogen and oxygen atoms in total. The van der Waals surface area contributed by atoms with Crippen LogP contribution in [0.15, 0.2) is 51.8 Å². The highest BCUT2D eigenvalue weighted by Gasteiger charge is 2.20. The molecule has 176 valence electrons. The van der Waals surface area contributed by atoms with Crippen LogP contribution >= 0.6 is 50.6 Å². The molecular formula is C24H27BrClN3O2S2. The maximum atomic E-state index is 13.2. The van der Waals surface area contributed by atoms with Gasteiger partial charge in [0.25, 0.3) is 0 Å². The molecule has 1 saturated heterocycles. The molecule has 4 rings (SSSR count). The largest absolute Gasteiger partial charge is 0.379 e. The molecule has 0 radical (unpaired) electrons. The quantitative estimate of drug-likeness (QED) is 0.211. The van der Waals surface area contributed by atoms with Crippen molar-refractivity contribution >= 4 is 71.9 Å². The molecule has 0 spiro atoms. The summed E-state index contributed by atoms with van der Waals surface area (Å²) in [5.74, 6) is 1.04. The monoisotopic (exact) mass is 567 g/mol. The number of fused-ring (bicyclic) bond motifs is 1. The minimum atomic E-state index is 0.145. The van der Waals surface area contributed by atoms with Gasteiger partial charge in [0, 0.05) is 47.0 Å². The molecule has 2 heterocycles. The summed E-state index contributed by atoms with van der Waals surface area (Å²) in [5.41, 5.74) is 0.933. The van der Waals surface area contributed by atoms with Gasteiger partial charge in [-0.1, -0.05) is 38.9 Å². The van der Waals surface area contributed by atoms with Crippen molar-refractivity contribution in [1.29, 1.82) is 0 Å². The number of benzene rings is 2. The summed E-state index contributed by atoms with van der Waals surface area (Å²) in [6.45, 7) is 5.16. The van der Waals surface area contributed by atoms with Crippen molar-refractivity contribution in [1.82, 2.24) is 9.88 Å². The zero-order chi connectivity index (χ0) is 23.0. The van der Waals surface area contributed by atoms with Crippen LogP contribution in [0.2, 0.25) is 5.02 Å². The molecule has 1 aliphatic rings. The Morgan fingerprint density at radius 1 is 1.18 bits per heavy atom. The van der Waals surface area contributed by atoms with Gasteiger partial charge in [0.05, 0.1) is 23.4 Å². The maximum absolute atomic E-state index is 13.2. The number of halogens is 2. The minimum absolute atomic E-state index is 0.145. The normalized spacial score (nSPS) is 14.6. The highest BCUT2D eigenvalue weighted by Crippen LogP contribution is 2.31. The van der Waals surface area contributed by atoms with Crippen molar-refractivity contribution in [3.8, 4) is 0 Å². The van der Waals surface area contributed by atoms with E-state index >= 15 is 0 Å². The smallest absolute Gasteiger partial charge is 0.228 e. The summed E-state index contributed by atoms with van der Waals surface area (Å²) in [6.07, 6.45) is 2.26. The third-order valence-electron chi connectivity index (χ3n) is 5.45. The second-order valence-electron chi connectivity index (χ2n) is 7.87. The number of amides is 1. The first kappa shape index (κ1) is 24.9. The number of carbonyl (C=O) groups excluding carboxylic acids is 1. The number of nitrogens with zero attached hydrogens (tertiary/aromatic N) is 3. The summed E-state index contributed by atoms with van der Waals surface area (Å²) >= 11 is 12.8. The van der Waals surface area contributed by atoms with Gasteiger partial charge in [-0.25, -0.2) is 4.98 Å². The van der Waals surface area contributed by atoms with Crippen molar-refractivity contribution in [2.24, 2.45) is 0 Å². The van der Waals surface area contributed by atoms with Crippen molar-refractivity contribution in [3.05, 3.63) is 52.0 Å². The van der Waals surface area contributed by atoms with E-state index in [1.807, 2.05) is 41.3 Å². The summed E-state index contributed by atoms with van der Waals surface area (Å²) < 4.78 is 7.55. The Morgan fingerprint density at radius 2 is 1.97 bits per heavy atom. The lowest BCUT2D eigenvalue weighted by Gasteiger charge is -2.27. The fourth-order valence-electron chi connectivity index (χ4n) is 3.69. The molecule has 0 N–H and O–H groups in total. The van der Waals surface area contributed by atoms with Crippen LogP contribution in [0.3, 0.4) is 0 Å². The van der Waals surface area contributed by atoms with Crippen LogP contribution in [0.5, 0.6) is 0 Å². The van der Waals surface area contributed by atoms with Gasteiger partial charge < -0.3 is 4.74 Å². The number of thioether (sulfide) groups is 1. The van der Waals surface area contributed by atoms with E-state index in [0.717, 1.165) is 76.3 Å². The van der Waals surface area contributed by atoms with Gasteiger partial charge in [0.15, 0.2) is 5.13 Å². The molecule has 0 saturated carbocycles. The summed E-state index contributed by atoms with van der Waals surface area (Å²) in [6, 6.07) is 13.9. The first-order chi connectivity index (χ1) is 16.1. The van der Waals surface area contributed by atoms with E-state index < -0.39 is 0 Å². The second kappa shape index (κ2) is 12.5. The van der Waals surface area contributed by atoms with E-state index in [2.05, 4.69) is 26.9 Å². The molecule has 33 heavy (non-hydrogen) atoms. The number of aromatic nitrogens is 1. The molecule has 2 aromatic carbocycles. The maximum Gasteiger partial charge on any atom is 0.228 e. The van der Waals surface area contributed by atoms with Crippen molar-refractivity contribution < 1.29 is 9.53 Å². The molecule has 1 fully saturated rings. The molecule has 0 unspecified atom stereocenters. The van der Waals surface area contributed by atoms with Crippen molar-refractivity contribution in [2.45, 2.75) is 24.2 Å². The van der Waals surface area contributed by atoms with Crippen LogP contribution in [-0.2, 0) is 9.53 Å². The first-order valence-corrected chi connectivity index (χ1v) is 14.1. The van der Waals surface area contributed by atoms with Crippen molar-refractivity contribution in [2.75, 3.05) is 50.0 Å². The fraction of sp³-hybridized carbons (Fsp3) is 0.417. The molecule has 1 amide bonds. The van der Waals surface area contributed by atoms with Crippen LogP contribution in [-0.4, -0.2) is 60.9 Å². The van der Waals surface area contributed by atoms with Crippen molar-refractivity contribution in [3.63, 3.8) is 0 Å². The van der Waals surface area contributed by atoms with Gasteiger partial charge in [-0.05, 0) is 61.1 Å². The van der Waals surface area contributed by atoms with Gasteiger partial charge in [0.1, 0.15) is 0 Å². The van der Waals surface area contributed by atoms with E-state index in [-0.39, 0.29) is 5.91 Å². The standard InChI is InChI=1S/C24H27BrClN3O2S2/c25-18-4-9-21-22(17-18)33-24(27-21)29(11-2-10-28-12-14-31-15-13-28)23(30)3-1-16-32-20-7-5-19(26)6-8-20/h4-9,17H,1-3,10-16H2. The van der Waals surface area contributed by atoms with E-state index in [0.29, 0.717) is 13.0 Å². The Labute approximate surface area is 216 Å². The van der Waals surface area contributed by atoms with Gasteiger partial charge >= 0.3 is 0 Å². The number of ether oxygens (including phenoxy) is 1. The van der Waals surface area contributed by atoms with Gasteiger partial charge in [-0.3, -0.25) is 14.6 Å². The minimum Gasteiger partial charge on any atom is -0.379 e. The van der Waals surface area contributed by atoms with Crippen LogP contribution in [0, 0.1) is 0 Å². The predicted molar refractivity (Wildman–Crippen MR) is 143 cm³/mol. The number of carbonyl (C=O) groups is 1. The van der Waals surface area contributed by atoms with E-state index in [1.165, 1.54) is 4.90 Å². The molecule has 1 aromatic heterocycles. The number of rotatable bonds is 10. The Balaban J connectivity index is 1.36. The topological polar surface area (TPSA) is 45.7 Å². The Morgan fingerprint density at radius 3 is 2.76 bits per heavy atom. The molecule has 0 atom stereocenters. The number of hydrogen-bond acceptors (Lipinski definition) is 6.